The molecule has 0 aliphatic carbocycles. The SMILES string of the molecule is Cl.Cl.O=C1SC(=CCCc2cccnc2)C(=O)N1CCCCSc1cccc2nccn12. The number of carbonyl (C=O) groups excluding carboxylic acids is 2. The number of aromatic nitrogens is 3. The Hall–Kier alpha value is -2.00. The number of imide groups is 1. The van der Waals surface area contributed by atoms with Crippen molar-refractivity contribution in [1.29, 1.82) is 0 Å². The molecule has 0 unspecified atom stereocenters. The van der Waals surface area contributed by atoms with Crippen molar-refractivity contribution >= 4 is 65.1 Å². The number of hydrogen-bond donors (Lipinski definition) is 0. The van der Waals surface area contributed by atoms with Crippen molar-refractivity contribution in [3.63, 3.8) is 0 Å². The second-order valence-corrected chi connectivity index (χ2v) is 8.98. The number of thioether (sulfide) groups is 2. The summed E-state index contributed by atoms with van der Waals surface area (Å²) in [6.07, 6.45) is 12.4. The third kappa shape index (κ3) is 6.51. The van der Waals surface area contributed by atoms with Gasteiger partial charge in [-0.15, -0.1) is 36.6 Å². The molecule has 1 aliphatic heterocycles. The second kappa shape index (κ2) is 12.9. The Balaban J connectivity index is 0.00000181. The largest absolute Gasteiger partial charge is 0.294 e. The number of aryl methyl sites for hydroxylation is 1. The quantitative estimate of drug-likeness (QED) is 0.210. The highest BCUT2D eigenvalue weighted by molar-refractivity contribution is 8.18. The lowest BCUT2D eigenvalue weighted by Crippen LogP contribution is -2.29. The molecule has 0 saturated carbocycles. The zero-order chi connectivity index (χ0) is 20.8. The zero-order valence-corrected chi connectivity index (χ0v) is 20.5. The van der Waals surface area contributed by atoms with Crippen LogP contribution in [0.15, 0.2) is 71.1 Å². The van der Waals surface area contributed by atoms with Gasteiger partial charge in [-0.05, 0) is 67.0 Å². The van der Waals surface area contributed by atoms with Crippen molar-refractivity contribution in [3.8, 4) is 0 Å². The van der Waals surface area contributed by atoms with E-state index in [1.165, 1.54) is 4.90 Å². The maximum Gasteiger partial charge on any atom is 0.293 e. The summed E-state index contributed by atoms with van der Waals surface area (Å²) in [5.74, 6) is 0.765. The number of rotatable bonds is 9. The van der Waals surface area contributed by atoms with E-state index in [4.69, 9.17) is 0 Å². The number of amides is 2. The summed E-state index contributed by atoms with van der Waals surface area (Å²) in [5, 5.41) is 0.983. The first-order valence-electron chi connectivity index (χ1n) is 9.90. The maximum absolute atomic E-state index is 12.5. The Morgan fingerprint density at radius 1 is 1.06 bits per heavy atom. The second-order valence-electron chi connectivity index (χ2n) is 6.87. The number of halogens is 2. The third-order valence-corrected chi connectivity index (χ3v) is 6.85. The molecular weight excluding hydrogens is 487 g/mol. The van der Waals surface area contributed by atoms with Crippen LogP contribution in [0.1, 0.15) is 24.8 Å². The Morgan fingerprint density at radius 2 is 1.94 bits per heavy atom. The molecule has 4 heterocycles. The van der Waals surface area contributed by atoms with Gasteiger partial charge >= 0.3 is 0 Å². The number of nitrogens with zero attached hydrogens (tertiary/aromatic N) is 4. The zero-order valence-electron chi connectivity index (χ0n) is 17.3. The van der Waals surface area contributed by atoms with Gasteiger partial charge in [-0.25, -0.2) is 4.98 Å². The number of imidazole rings is 1. The summed E-state index contributed by atoms with van der Waals surface area (Å²) in [4.78, 5) is 35.1. The summed E-state index contributed by atoms with van der Waals surface area (Å²) < 4.78 is 2.07. The number of hydrogen-bond acceptors (Lipinski definition) is 6. The number of unbranched alkanes of at least 4 members (excludes halogenated alkanes) is 1. The van der Waals surface area contributed by atoms with Gasteiger partial charge in [-0.2, -0.15) is 0 Å². The minimum atomic E-state index is -0.163. The van der Waals surface area contributed by atoms with Crippen molar-refractivity contribution in [3.05, 3.63) is 71.7 Å². The molecule has 4 rings (SSSR count). The van der Waals surface area contributed by atoms with Crippen molar-refractivity contribution < 1.29 is 9.59 Å². The van der Waals surface area contributed by atoms with Gasteiger partial charge in [0.05, 0.1) is 9.93 Å². The predicted molar refractivity (Wildman–Crippen MR) is 135 cm³/mol. The fourth-order valence-corrected chi connectivity index (χ4v) is 5.13. The lowest BCUT2D eigenvalue weighted by molar-refractivity contribution is -0.122. The van der Waals surface area contributed by atoms with E-state index in [1.807, 2.05) is 42.7 Å². The topological polar surface area (TPSA) is 67.6 Å². The van der Waals surface area contributed by atoms with Crippen LogP contribution in [-0.2, 0) is 11.2 Å². The van der Waals surface area contributed by atoms with E-state index in [-0.39, 0.29) is 36.0 Å². The van der Waals surface area contributed by atoms with E-state index >= 15 is 0 Å². The van der Waals surface area contributed by atoms with E-state index in [2.05, 4.69) is 20.4 Å². The van der Waals surface area contributed by atoms with Crippen molar-refractivity contribution in [2.45, 2.75) is 30.7 Å². The van der Waals surface area contributed by atoms with Crippen LogP contribution in [0.2, 0.25) is 0 Å². The van der Waals surface area contributed by atoms with Gasteiger partial charge in [0.2, 0.25) is 0 Å². The van der Waals surface area contributed by atoms with Crippen LogP contribution in [0.25, 0.3) is 5.65 Å². The van der Waals surface area contributed by atoms with Crippen LogP contribution >= 0.6 is 48.3 Å². The van der Waals surface area contributed by atoms with Crippen molar-refractivity contribution in [2.24, 2.45) is 0 Å². The number of carbonyl (C=O) groups is 2. The van der Waals surface area contributed by atoms with Crippen LogP contribution < -0.4 is 0 Å². The van der Waals surface area contributed by atoms with Crippen LogP contribution in [0.3, 0.4) is 0 Å². The third-order valence-electron chi connectivity index (χ3n) is 4.78. The molecule has 6 nitrogen and oxygen atoms in total. The fourth-order valence-electron chi connectivity index (χ4n) is 3.23. The van der Waals surface area contributed by atoms with E-state index in [0.29, 0.717) is 11.4 Å². The lowest BCUT2D eigenvalue weighted by Gasteiger charge is -2.12. The molecule has 0 aromatic carbocycles. The summed E-state index contributed by atoms with van der Waals surface area (Å²) >= 11 is 2.81. The highest BCUT2D eigenvalue weighted by Crippen LogP contribution is 2.31. The molecule has 1 fully saturated rings. The lowest BCUT2D eigenvalue weighted by atomic mass is 10.1. The van der Waals surface area contributed by atoms with Crippen LogP contribution in [0.4, 0.5) is 4.79 Å². The van der Waals surface area contributed by atoms with E-state index in [1.54, 1.807) is 24.2 Å². The summed E-state index contributed by atoms with van der Waals surface area (Å²) in [6, 6.07) is 9.97. The minimum Gasteiger partial charge on any atom is -0.294 e. The molecule has 2 amide bonds. The van der Waals surface area contributed by atoms with Crippen LogP contribution in [-0.4, -0.2) is 42.7 Å². The van der Waals surface area contributed by atoms with Gasteiger partial charge in [-0.3, -0.25) is 23.9 Å². The first-order chi connectivity index (χ1) is 14.7. The van der Waals surface area contributed by atoms with Gasteiger partial charge in [0.15, 0.2) is 0 Å². The Kier molecular flexibility index (Phi) is 10.6. The summed E-state index contributed by atoms with van der Waals surface area (Å²) in [5.41, 5.74) is 2.06. The molecule has 0 atom stereocenters. The van der Waals surface area contributed by atoms with Crippen molar-refractivity contribution in [1.82, 2.24) is 19.3 Å². The molecule has 1 aliphatic rings. The smallest absolute Gasteiger partial charge is 0.293 e. The fraction of sp³-hybridized carbons (Fsp3) is 0.273. The average Bonchev–Trinajstić information content (AvgIpc) is 3.34. The maximum atomic E-state index is 12.5. The standard InChI is InChI=1S/C22H22N4O2S2.2ClH/c27-21-18(8-3-6-17-7-5-11-23-16-17)30-22(28)26(21)13-1-2-15-29-20-10-4-9-19-24-12-14-25(19)20;;/h4-5,7-12,14,16H,1-3,6,13,15H2;2*1H. The minimum absolute atomic E-state index is 0. The van der Waals surface area contributed by atoms with Gasteiger partial charge in [0.25, 0.3) is 11.1 Å². The molecule has 3 aromatic heterocycles. The van der Waals surface area contributed by atoms with Gasteiger partial charge in [-0.1, -0.05) is 18.2 Å². The van der Waals surface area contributed by atoms with Crippen molar-refractivity contribution in [2.75, 3.05) is 12.3 Å². The van der Waals surface area contributed by atoms with Gasteiger partial charge in [0, 0.05) is 31.3 Å². The molecule has 3 aromatic rings. The average molecular weight is 512 g/mol. The van der Waals surface area contributed by atoms with E-state index < -0.39 is 0 Å². The Labute approximate surface area is 208 Å². The van der Waals surface area contributed by atoms with Gasteiger partial charge in [0.1, 0.15) is 5.65 Å². The summed E-state index contributed by atoms with van der Waals surface area (Å²) in [6.45, 7) is 0.473. The molecule has 0 bridgehead atoms. The highest BCUT2D eigenvalue weighted by Gasteiger charge is 2.34. The predicted octanol–water partition coefficient (Wildman–Crippen LogP) is 5.66. The number of fused-ring (bicyclic) bond motifs is 1. The molecular formula is C22H24Cl2N4O2S2. The first kappa shape index (κ1) is 26.3. The molecule has 1 saturated heterocycles. The monoisotopic (exact) mass is 510 g/mol. The summed E-state index contributed by atoms with van der Waals surface area (Å²) in [7, 11) is 0. The molecule has 0 N–H and O–H groups in total. The van der Waals surface area contributed by atoms with Gasteiger partial charge < -0.3 is 0 Å². The number of pyridine rings is 2. The Morgan fingerprint density at radius 3 is 2.75 bits per heavy atom. The molecule has 32 heavy (non-hydrogen) atoms. The van der Waals surface area contributed by atoms with Crippen LogP contribution in [0.5, 0.6) is 0 Å². The first-order valence-corrected chi connectivity index (χ1v) is 11.7. The van der Waals surface area contributed by atoms with E-state index in [0.717, 1.165) is 59.4 Å². The molecule has 0 radical (unpaired) electrons. The number of allylic oxidation sites excluding steroid dienone is 1. The molecule has 10 heteroatoms. The Bertz CT molecular complexity index is 1080. The van der Waals surface area contributed by atoms with E-state index in [9.17, 15) is 9.59 Å². The van der Waals surface area contributed by atoms with Crippen LogP contribution in [0, 0.1) is 0 Å². The molecule has 0 spiro atoms. The molecule has 170 valence electrons. The highest BCUT2D eigenvalue weighted by atomic mass is 35.5. The normalized spacial score (nSPS) is 14.6.